The first-order valence-corrected chi connectivity index (χ1v) is 3.60. The van der Waals surface area contributed by atoms with Crippen LogP contribution in [0.5, 0.6) is 0 Å². The third-order valence-corrected chi connectivity index (χ3v) is 0.921. The zero-order valence-corrected chi connectivity index (χ0v) is 7.11. The molecule has 4 heteroatoms. The van der Waals surface area contributed by atoms with Gasteiger partial charge in [-0.05, 0) is 5.92 Å². The summed E-state index contributed by atoms with van der Waals surface area (Å²) in [7, 11) is 0. The summed E-state index contributed by atoms with van der Waals surface area (Å²) in [5.41, 5.74) is 0. The lowest BCUT2D eigenvalue weighted by molar-refractivity contribution is -0.139. The van der Waals surface area contributed by atoms with E-state index in [-0.39, 0.29) is 5.92 Å². The van der Waals surface area contributed by atoms with E-state index in [0.29, 0.717) is 6.61 Å². The van der Waals surface area contributed by atoms with Gasteiger partial charge in [-0.2, -0.15) is 0 Å². The second-order valence-electron chi connectivity index (χ2n) is 2.70. The first kappa shape index (κ1) is 10.7. The second kappa shape index (κ2) is 5.35. The normalized spacial score (nSPS) is 10.6. The van der Waals surface area contributed by atoms with Crippen LogP contribution >= 0.6 is 0 Å². The summed E-state index contributed by atoms with van der Waals surface area (Å²) in [4.78, 5) is 20.6. The van der Waals surface area contributed by atoms with Gasteiger partial charge in [-0.15, -0.1) is 0 Å². The Morgan fingerprint density at radius 3 is 2.42 bits per heavy atom. The van der Waals surface area contributed by atoms with Gasteiger partial charge in [-0.25, -0.2) is 9.59 Å². The molecule has 0 fully saturated rings. The van der Waals surface area contributed by atoms with Crippen molar-refractivity contribution < 1.29 is 19.4 Å². The molecule has 1 N–H and O–H groups in total. The van der Waals surface area contributed by atoms with Crippen molar-refractivity contribution in [3.8, 4) is 0 Å². The molecule has 0 aliphatic rings. The van der Waals surface area contributed by atoms with Gasteiger partial charge >= 0.3 is 11.9 Å². The molecule has 0 unspecified atom stereocenters. The highest BCUT2D eigenvalue weighted by Gasteiger charge is 1.99. The fraction of sp³-hybridized carbons (Fsp3) is 0.500. The van der Waals surface area contributed by atoms with E-state index in [2.05, 4.69) is 4.74 Å². The van der Waals surface area contributed by atoms with Gasteiger partial charge < -0.3 is 9.84 Å². The minimum atomic E-state index is -1.16. The Labute approximate surface area is 70.8 Å². The van der Waals surface area contributed by atoms with Crippen LogP contribution in [0.2, 0.25) is 0 Å². The van der Waals surface area contributed by atoms with Crippen LogP contribution in [0, 0.1) is 5.92 Å². The topological polar surface area (TPSA) is 63.6 Å². The van der Waals surface area contributed by atoms with Crippen molar-refractivity contribution in [1.82, 2.24) is 0 Å². The van der Waals surface area contributed by atoms with E-state index in [1.54, 1.807) is 0 Å². The number of esters is 1. The SMILES string of the molecule is CC(C)COC(=O)C=CC(=O)O. The van der Waals surface area contributed by atoms with Gasteiger partial charge in [0.05, 0.1) is 6.61 Å². The van der Waals surface area contributed by atoms with E-state index >= 15 is 0 Å². The molecule has 0 aromatic carbocycles. The van der Waals surface area contributed by atoms with Crippen LogP contribution in [0.1, 0.15) is 13.8 Å². The van der Waals surface area contributed by atoms with Crippen molar-refractivity contribution in [2.75, 3.05) is 6.61 Å². The quantitative estimate of drug-likeness (QED) is 0.503. The third kappa shape index (κ3) is 6.80. The summed E-state index contributed by atoms with van der Waals surface area (Å²) < 4.78 is 4.66. The number of carbonyl (C=O) groups is 2. The van der Waals surface area contributed by atoms with E-state index in [1.165, 1.54) is 0 Å². The van der Waals surface area contributed by atoms with Gasteiger partial charge in [0.2, 0.25) is 0 Å². The Bertz CT molecular complexity index is 193. The molecular formula is C8H12O4. The predicted molar refractivity (Wildman–Crippen MR) is 42.6 cm³/mol. The average molecular weight is 172 g/mol. The lowest BCUT2D eigenvalue weighted by Crippen LogP contribution is -2.07. The Morgan fingerprint density at radius 1 is 1.42 bits per heavy atom. The van der Waals surface area contributed by atoms with Gasteiger partial charge in [0.1, 0.15) is 0 Å². The van der Waals surface area contributed by atoms with Crippen LogP contribution in [-0.4, -0.2) is 23.7 Å². The molecule has 0 bridgehead atoms. The highest BCUT2D eigenvalue weighted by Crippen LogP contribution is 1.93. The van der Waals surface area contributed by atoms with Gasteiger partial charge in [0.15, 0.2) is 0 Å². The van der Waals surface area contributed by atoms with E-state index in [0.717, 1.165) is 12.2 Å². The van der Waals surface area contributed by atoms with E-state index in [9.17, 15) is 9.59 Å². The largest absolute Gasteiger partial charge is 0.478 e. The molecule has 0 aliphatic heterocycles. The molecule has 0 amide bonds. The predicted octanol–water partition coefficient (Wildman–Crippen LogP) is 0.826. The van der Waals surface area contributed by atoms with Crippen molar-refractivity contribution in [3.05, 3.63) is 12.2 Å². The first-order chi connectivity index (χ1) is 5.52. The molecule has 0 saturated heterocycles. The number of hydrogen-bond acceptors (Lipinski definition) is 3. The average Bonchev–Trinajstić information content (AvgIpc) is 1.96. The van der Waals surface area contributed by atoms with Crippen molar-refractivity contribution in [2.45, 2.75) is 13.8 Å². The highest BCUT2D eigenvalue weighted by molar-refractivity contribution is 5.90. The summed E-state index contributed by atoms with van der Waals surface area (Å²) >= 11 is 0. The van der Waals surface area contributed by atoms with Crippen molar-refractivity contribution in [1.29, 1.82) is 0 Å². The molecular weight excluding hydrogens is 160 g/mol. The second-order valence-corrected chi connectivity index (χ2v) is 2.70. The van der Waals surface area contributed by atoms with Crippen molar-refractivity contribution in [2.24, 2.45) is 5.92 Å². The Balaban J connectivity index is 3.67. The fourth-order valence-electron chi connectivity index (χ4n) is 0.436. The minimum absolute atomic E-state index is 0.257. The Hall–Kier alpha value is -1.32. The molecule has 0 heterocycles. The Morgan fingerprint density at radius 2 is 2.00 bits per heavy atom. The lowest BCUT2D eigenvalue weighted by Gasteiger charge is -2.03. The van der Waals surface area contributed by atoms with Crippen molar-refractivity contribution in [3.63, 3.8) is 0 Å². The zero-order chi connectivity index (χ0) is 9.56. The number of carbonyl (C=O) groups excluding carboxylic acids is 1. The summed E-state index contributed by atoms with van der Waals surface area (Å²) in [6, 6.07) is 0. The molecule has 0 aromatic rings. The van der Waals surface area contributed by atoms with E-state index in [1.807, 2.05) is 13.8 Å². The van der Waals surface area contributed by atoms with Crippen LogP contribution in [0.15, 0.2) is 12.2 Å². The van der Waals surface area contributed by atoms with Crippen molar-refractivity contribution >= 4 is 11.9 Å². The summed E-state index contributed by atoms with van der Waals surface area (Å²) in [6.45, 7) is 4.10. The third-order valence-electron chi connectivity index (χ3n) is 0.921. The van der Waals surface area contributed by atoms with E-state index < -0.39 is 11.9 Å². The number of rotatable bonds is 4. The maximum atomic E-state index is 10.7. The molecule has 0 aliphatic carbocycles. The number of hydrogen-bond donors (Lipinski definition) is 1. The van der Waals surface area contributed by atoms with Crippen LogP contribution in [0.4, 0.5) is 0 Å². The zero-order valence-electron chi connectivity index (χ0n) is 7.11. The van der Waals surface area contributed by atoms with Crippen LogP contribution in [-0.2, 0) is 14.3 Å². The van der Waals surface area contributed by atoms with Gasteiger partial charge in [-0.1, -0.05) is 13.8 Å². The molecule has 68 valence electrons. The van der Waals surface area contributed by atoms with Crippen LogP contribution in [0.3, 0.4) is 0 Å². The van der Waals surface area contributed by atoms with Gasteiger partial charge in [-0.3, -0.25) is 0 Å². The summed E-state index contributed by atoms with van der Waals surface area (Å²) in [5.74, 6) is -1.52. The highest BCUT2D eigenvalue weighted by atomic mass is 16.5. The minimum Gasteiger partial charge on any atom is -0.478 e. The smallest absolute Gasteiger partial charge is 0.331 e. The monoisotopic (exact) mass is 172 g/mol. The number of carboxylic acids is 1. The molecule has 0 aromatic heterocycles. The lowest BCUT2D eigenvalue weighted by atomic mass is 10.2. The van der Waals surface area contributed by atoms with Gasteiger partial charge in [0.25, 0.3) is 0 Å². The number of aliphatic carboxylic acids is 1. The van der Waals surface area contributed by atoms with Crippen LogP contribution < -0.4 is 0 Å². The fourth-order valence-corrected chi connectivity index (χ4v) is 0.436. The van der Waals surface area contributed by atoms with Crippen LogP contribution in [0.25, 0.3) is 0 Å². The first-order valence-electron chi connectivity index (χ1n) is 3.60. The summed E-state index contributed by atoms with van der Waals surface area (Å²) in [6.07, 6.45) is 1.65. The maximum Gasteiger partial charge on any atom is 0.331 e. The molecule has 0 saturated carbocycles. The summed E-state index contributed by atoms with van der Waals surface area (Å²) in [5, 5.41) is 8.15. The van der Waals surface area contributed by atoms with Gasteiger partial charge in [0, 0.05) is 12.2 Å². The molecule has 0 rings (SSSR count). The number of carboxylic acid groups (broad SMARTS) is 1. The standard InChI is InChI=1S/C8H12O4/c1-6(2)5-12-8(11)4-3-7(9)10/h3-4,6H,5H2,1-2H3,(H,9,10). The molecule has 0 radical (unpaired) electrons. The molecule has 12 heavy (non-hydrogen) atoms. The Kier molecular flexibility index (Phi) is 4.76. The molecule has 4 nitrogen and oxygen atoms in total. The maximum absolute atomic E-state index is 10.7. The number of ether oxygens (including phenoxy) is 1. The molecule has 0 spiro atoms. The van der Waals surface area contributed by atoms with E-state index in [4.69, 9.17) is 5.11 Å². The molecule has 0 atom stereocenters.